The van der Waals surface area contributed by atoms with E-state index in [0.29, 0.717) is 4.90 Å². The third kappa shape index (κ3) is 3.13. The van der Waals surface area contributed by atoms with Crippen molar-refractivity contribution >= 4 is 23.3 Å². The number of hydrogen-bond donors (Lipinski definition) is 0. The van der Waals surface area contributed by atoms with Crippen LogP contribution in [0.3, 0.4) is 0 Å². The Balaban J connectivity index is 5.35. The van der Waals surface area contributed by atoms with Crippen molar-refractivity contribution in [3.63, 3.8) is 0 Å². The predicted octanol–water partition coefficient (Wildman–Crippen LogP) is 2.32. The van der Waals surface area contributed by atoms with Crippen LogP contribution in [0.1, 0.15) is 20.8 Å². The molecule has 0 rings (SSSR count). The Hall–Kier alpha value is -0.850. The van der Waals surface area contributed by atoms with Gasteiger partial charge in [-0.2, -0.15) is 8.78 Å². The maximum absolute atomic E-state index is 13.0. The summed E-state index contributed by atoms with van der Waals surface area (Å²) < 4.78 is 50.2. The summed E-state index contributed by atoms with van der Waals surface area (Å²) in [5.41, 5.74) is -1.66. The van der Waals surface area contributed by atoms with E-state index in [9.17, 15) is 27.2 Å². The second kappa shape index (κ2) is 5.86. The van der Waals surface area contributed by atoms with Crippen LogP contribution in [-0.2, 0) is 9.59 Å². The Morgan fingerprint density at radius 3 is 2.00 bits per heavy atom. The van der Waals surface area contributed by atoms with Gasteiger partial charge in [0.15, 0.2) is 5.78 Å². The summed E-state index contributed by atoms with van der Waals surface area (Å²) in [6.07, 6.45) is -4.12. The van der Waals surface area contributed by atoms with Gasteiger partial charge in [-0.05, 0) is 20.8 Å². The highest BCUT2D eigenvalue weighted by molar-refractivity contribution is 6.29. The van der Waals surface area contributed by atoms with Crippen molar-refractivity contribution < 1.29 is 27.2 Å². The van der Waals surface area contributed by atoms with Gasteiger partial charge >= 0.3 is 12.3 Å². The molecule has 0 atom stereocenters. The second-order valence-electron chi connectivity index (χ2n) is 4.09. The number of amides is 1. The molecule has 0 aromatic rings. The van der Waals surface area contributed by atoms with Gasteiger partial charge < -0.3 is 4.90 Å². The zero-order chi connectivity index (χ0) is 14.7. The van der Waals surface area contributed by atoms with Crippen LogP contribution in [0.4, 0.5) is 17.6 Å². The summed E-state index contributed by atoms with van der Waals surface area (Å²) in [6.45, 7) is 3.36. The van der Waals surface area contributed by atoms with Crippen molar-refractivity contribution in [3.05, 3.63) is 0 Å². The summed E-state index contributed by atoms with van der Waals surface area (Å²) in [7, 11) is 0. The van der Waals surface area contributed by atoms with Gasteiger partial charge in [0.2, 0.25) is 0 Å². The first-order valence-corrected chi connectivity index (χ1v) is 5.64. The smallest absolute Gasteiger partial charge is 0.325 e. The lowest BCUT2D eigenvalue weighted by Gasteiger charge is -2.37. The Labute approximate surface area is 107 Å². The summed E-state index contributed by atoms with van der Waals surface area (Å²) in [4.78, 5) is 23.3. The molecule has 0 saturated carbocycles. The number of rotatable bonds is 6. The fourth-order valence-electron chi connectivity index (χ4n) is 1.38. The van der Waals surface area contributed by atoms with Crippen LogP contribution in [0, 0.1) is 0 Å². The lowest BCUT2D eigenvalue weighted by molar-refractivity contribution is -0.186. The van der Waals surface area contributed by atoms with Crippen molar-refractivity contribution in [3.8, 4) is 0 Å². The number of carbonyl (C=O) groups excluding carboxylic acids is 2. The number of Topliss-reactive ketones (excluding diaryl/α,β-unsaturated/α-hetero) is 1. The van der Waals surface area contributed by atoms with Crippen LogP contribution >= 0.6 is 11.6 Å². The van der Waals surface area contributed by atoms with Gasteiger partial charge in [-0.3, -0.25) is 9.59 Å². The van der Waals surface area contributed by atoms with Crippen molar-refractivity contribution in [1.29, 1.82) is 0 Å². The highest BCUT2D eigenvalue weighted by atomic mass is 35.5. The van der Waals surface area contributed by atoms with Gasteiger partial charge in [-0.25, -0.2) is 8.78 Å². The maximum atomic E-state index is 13.0. The van der Waals surface area contributed by atoms with Gasteiger partial charge in [0.05, 0.1) is 11.4 Å². The Morgan fingerprint density at radius 2 is 1.72 bits per heavy atom. The molecule has 0 aromatic heterocycles. The van der Waals surface area contributed by atoms with Crippen LogP contribution < -0.4 is 0 Å². The predicted molar refractivity (Wildman–Crippen MR) is 58.1 cm³/mol. The number of likely N-dealkylation sites (N-methyl/N-ethyl adjacent to an activating group) is 1. The first-order valence-electron chi connectivity index (χ1n) is 5.10. The van der Waals surface area contributed by atoms with Crippen LogP contribution in [0.5, 0.6) is 0 Å². The molecule has 8 heteroatoms. The number of nitrogens with zero attached hydrogens (tertiary/aromatic N) is 1. The first kappa shape index (κ1) is 17.2. The summed E-state index contributed by atoms with van der Waals surface area (Å²) in [5.74, 6) is -8.11. The number of alkyl halides is 5. The highest BCUT2D eigenvalue weighted by Gasteiger charge is 2.54. The molecule has 0 aromatic carbocycles. The van der Waals surface area contributed by atoms with E-state index in [1.807, 2.05) is 0 Å². The Morgan fingerprint density at radius 1 is 1.28 bits per heavy atom. The fourth-order valence-corrected chi connectivity index (χ4v) is 1.71. The molecule has 1 amide bonds. The number of hydrogen-bond acceptors (Lipinski definition) is 2. The lowest BCUT2D eigenvalue weighted by atomic mass is 9.96. The summed E-state index contributed by atoms with van der Waals surface area (Å²) in [6, 6.07) is 0. The molecule has 0 heterocycles. The topological polar surface area (TPSA) is 37.4 Å². The summed E-state index contributed by atoms with van der Waals surface area (Å²) in [5, 5.41) is 0. The monoisotopic (exact) mass is 291 g/mol. The summed E-state index contributed by atoms with van der Waals surface area (Å²) >= 11 is 5.30. The van der Waals surface area contributed by atoms with Crippen LogP contribution in [0.2, 0.25) is 0 Å². The Kier molecular flexibility index (Phi) is 5.58. The highest BCUT2D eigenvalue weighted by Crippen LogP contribution is 2.29. The molecule has 0 unspecified atom stereocenters. The quantitative estimate of drug-likeness (QED) is 0.556. The number of ketones is 1. The third-order valence-electron chi connectivity index (χ3n) is 2.60. The van der Waals surface area contributed by atoms with E-state index in [1.54, 1.807) is 0 Å². The van der Waals surface area contributed by atoms with E-state index >= 15 is 0 Å². The zero-order valence-electron chi connectivity index (χ0n) is 10.1. The molecule has 0 saturated heterocycles. The first-order chi connectivity index (χ1) is 8.03. The molecule has 18 heavy (non-hydrogen) atoms. The van der Waals surface area contributed by atoms with E-state index < -0.39 is 35.5 Å². The van der Waals surface area contributed by atoms with Crippen LogP contribution in [0.25, 0.3) is 0 Å². The molecule has 0 aliphatic heterocycles. The average Bonchev–Trinajstić information content (AvgIpc) is 2.27. The Bertz CT molecular complexity index is 334. The molecule has 106 valence electrons. The number of carbonyl (C=O) groups is 2. The molecular weight excluding hydrogens is 278 g/mol. The number of halogens is 5. The molecule has 0 bridgehead atoms. The molecule has 0 fully saturated rings. The minimum atomic E-state index is -4.82. The van der Waals surface area contributed by atoms with Crippen molar-refractivity contribution in [2.24, 2.45) is 0 Å². The molecule has 0 aliphatic rings. The van der Waals surface area contributed by atoms with Gasteiger partial charge in [0.1, 0.15) is 0 Å². The van der Waals surface area contributed by atoms with E-state index in [-0.39, 0.29) is 6.54 Å². The van der Waals surface area contributed by atoms with Crippen LogP contribution in [0.15, 0.2) is 0 Å². The fraction of sp³-hybridized carbons (Fsp3) is 0.800. The zero-order valence-corrected chi connectivity index (χ0v) is 10.9. The van der Waals surface area contributed by atoms with Crippen molar-refractivity contribution in [2.75, 3.05) is 12.4 Å². The molecule has 3 nitrogen and oxygen atoms in total. The largest absolute Gasteiger partial charge is 0.383 e. The third-order valence-corrected chi connectivity index (χ3v) is 2.84. The van der Waals surface area contributed by atoms with Gasteiger partial charge in [-0.15, -0.1) is 11.6 Å². The minimum absolute atomic E-state index is 0.309. The molecule has 0 N–H and O–H groups in total. The van der Waals surface area contributed by atoms with E-state index in [2.05, 4.69) is 0 Å². The van der Waals surface area contributed by atoms with Gasteiger partial charge in [0, 0.05) is 6.54 Å². The second-order valence-corrected chi connectivity index (χ2v) is 4.36. The standard InChI is InChI=1S/C10H14ClF4NO2/c1-4-16(9(2,3)6(17)5-11)8(18)10(14,15)7(12)13/h7H,4-5H2,1-3H3. The van der Waals surface area contributed by atoms with Crippen molar-refractivity contribution in [1.82, 2.24) is 4.90 Å². The lowest BCUT2D eigenvalue weighted by Crippen LogP contribution is -2.59. The molecular formula is C10H14ClF4NO2. The normalized spacial score (nSPS) is 12.7. The molecule has 0 radical (unpaired) electrons. The van der Waals surface area contributed by atoms with E-state index in [4.69, 9.17) is 11.6 Å². The van der Waals surface area contributed by atoms with E-state index in [1.165, 1.54) is 20.8 Å². The van der Waals surface area contributed by atoms with Gasteiger partial charge in [0.25, 0.3) is 5.91 Å². The maximum Gasteiger partial charge on any atom is 0.383 e. The van der Waals surface area contributed by atoms with E-state index in [0.717, 1.165) is 0 Å². The average molecular weight is 292 g/mol. The van der Waals surface area contributed by atoms with Crippen molar-refractivity contribution in [2.45, 2.75) is 38.7 Å². The molecule has 0 spiro atoms. The minimum Gasteiger partial charge on any atom is -0.325 e. The SMILES string of the molecule is CCN(C(=O)C(F)(F)C(F)F)C(C)(C)C(=O)CCl. The van der Waals surface area contributed by atoms with Crippen LogP contribution in [-0.4, -0.2) is 46.9 Å². The molecule has 0 aliphatic carbocycles. The van der Waals surface area contributed by atoms with Gasteiger partial charge in [-0.1, -0.05) is 0 Å².